The molecule has 0 heterocycles. The van der Waals surface area contributed by atoms with Crippen LogP contribution in [-0.4, -0.2) is 31.6 Å². The number of methoxy groups -OCH3 is 1. The van der Waals surface area contributed by atoms with E-state index in [-0.39, 0.29) is 12.2 Å². The van der Waals surface area contributed by atoms with Crippen molar-refractivity contribution in [2.24, 2.45) is 28.1 Å². The molecule has 7 rings (SSSR count). The fourth-order valence-corrected chi connectivity index (χ4v) is 8.95. The summed E-state index contributed by atoms with van der Waals surface area (Å²) in [6.07, 6.45) is 10.6. The minimum absolute atomic E-state index is 0.114. The van der Waals surface area contributed by atoms with Crippen molar-refractivity contribution in [1.29, 1.82) is 0 Å². The van der Waals surface area contributed by atoms with Gasteiger partial charge in [-0.1, -0.05) is 19.8 Å². The van der Waals surface area contributed by atoms with E-state index in [1.807, 2.05) is 0 Å². The summed E-state index contributed by atoms with van der Waals surface area (Å²) in [6.45, 7) is 2.25. The second-order valence-corrected chi connectivity index (χ2v) is 11.8. The van der Waals surface area contributed by atoms with Crippen molar-refractivity contribution in [3.8, 4) is 0 Å². The highest BCUT2D eigenvalue weighted by Gasteiger charge is 2.78. The summed E-state index contributed by atoms with van der Waals surface area (Å²) in [5.74, 6) is -1.69. The highest BCUT2D eigenvalue weighted by atomic mass is 19.3. The molecule has 7 fully saturated rings. The van der Waals surface area contributed by atoms with E-state index in [2.05, 4.69) is 6.92 Å². The Kier molecular flexibility index (Phi) is 5.10. The standard InChI is InChI=1S/C25H39F3O2/c1-18-3-5-19(6-4-18)21-7-10-22(11-8-21,12-9-21)24-15-13-23(14-16-24,30-17-29-2)20(26)25(24,27)28/h18-20H,3-17H2,1-2H3. The summed E-state index contributed by atoms with van der Waals surface area (Å²) >= 11 is 0. The van der Waals surface area contributed by atoms with Crippen LogP contribution in [0.5, 0.6) is 0 Å². The van der Waals surface area contributed by atoms with E-state index in [9.17, 15) is 0 Å². The first kappa shape index (κ1) is 21.6. The van der Waals surface area contributed by atoms with Crippen LogP contribution in [-0.2, 0) is 9.47 Å². The number of rotatable bonds is 5. The summed E-state index contributed by atoms with van der Waals surface area (Å²) in [5.41, 5.74) is -2.52. The van der Waals surface area contributed by atoms with E-state index in [1.54, 1.807) is 0 Å². The largest absolute Gasteiger partial charge is 0.359 e. The quantitative estimate of drug-likeness (QED) is 0.436. The molecule has 0 amide bonds. The Hall–Kier alpha value is -0.290. The molecule has 1 atom stereocenters. The van der Waals surface area contributed by atoms with Crippen LogP contribution in [0.4, 0.5) is 13.2 Å². The van der Waals surface area contributed by atoms with Gasteiger partial charge in [0.25, 0.3) is 5.92 Å². The number of hydrogen-bond donors (Lipinski definition) is 0. The lowest BCUT2D eigenvalue weighted by atomic mass is 9.37. The molecule has 0 aliphatic heterocycles. The van der Waals surface area contributed by atoms with Gasteiger partial charge in [-0.05, 0) is 99.7 Å². The van der Waals surface area contributed by atoms with Crippen molar-refractivity contribution in [2.75, 3.05) is 13.9 Å². The van der Waals surface area contributed by atoms with Gasteiger partial charge in [0.15, 0.2) is 6.17 Å². The number of ether oxygens (including phenoxy) is 2. The van der Waals surface area contributed by atoms with Gasteiger partial charge in [0.05, 0.1) is 0 Å². The van der Waals surface area contributed by atoms with Gasteiger partial charge in [0.1, 0.15) is 12.4 Å². The summed E-state index contributed by atoms with van der Waals surface area (Å²) in [7, 11) is 1.46. The molecule has 0 N–H and O–H groups in total. The first-order valence-corrected chi connectivity index (χ1v) is 12.4. The van der Waals surface area contributed by atoms with Crippen LogP contribution in [0.25, 0.3) is 0 Å². The molecule has 5 heteroatoms. The molecular formula is C25H39F3O2. The molecule has 0 aromatic rings. The molecule has 0 radical (unpaired) electrons. The number of hydrogen-bond acceptors (Lipinski definition) is 2. The van der Waals surface area contributed by atoms with Crippen LogP contribution in [0.1, 0.15) is 96.8 Å². The lowest BCUT2D eigenvalue weighted by Gasteiger charge is -2.69. The number of halogens is 3. The van der Waals surface area contributed by atoms with Gasteiger partial charge in [-0.15, -0.1) is 0 Å². The number of alkyl halides is 3. The highest BCUT2D eigenvalue weighted by molar-refractivity contribution is 5.22. The van der Waals surface area contributed by atoms with Gasteiger partial charge < -0.3 is 9.47 Å². The topological polar surface area (TPSA) is 18.5 Å². The third kappa shape index (κ3) is 2.69. The first-order chi connectivity index (χ1) is 14.2. The van der Waals surface area contributed by atoms with Gasteiger partial charge in [0, 0.05) is 12.5 Å². The molecule has 1 unspecified atom stereocenters. The van der Waals surface area contributed by atoms with Crippen molar-refractivity contribution in [2.45, 2.75) is 115 Å². The third-order valence-electron chi connectivity index (χ3n) is 11.0. The maximum Gasteiger partial charge on any atom is 0.287 e. The molecule has 7 aliphatic rings. The third-order valence-corrected chi connectivity index (χ3v) is 11.0. The Morgan fingerprint density at radius 3 is 1.90 bits per heavy atom. The van der Waals surface area contributed by atoms with E-state index in [1.165, 1.54) is 32.8 Å². The monoisotopic (exact) mass is 428 g/mol. The van der Waals surface area contributed by atoms with Gasteiger partial charge >= 0.3 is 0 Å². The highest BCUT2D eigenvalue weighted by Crippen LogP contribution is 2.76. The van der Waals surface area contributed by atoms with Crippen molar-refractivity contribution >= 4 is 0 Å². The molecule has 7 saturated carbocycles. The molecule has 7 aliphatic carbocycles. The summed E-state index contributed by atoms with van der Waals surface area (Å²) in [4.78, 5) is 0. The Morgan fingerprint density at radius 1 is 0.800 bits per heavy atom. The average molecular weight is 429 g/mol. The normalized spacial score (nSPS) is 52.5. The van der Waals surface area contributed by atoms with Crippen molar-refractivity contribution in [1.82, 2.24) is 0 Å². The Balaban J connectivity index is 1.37. The van der Waals surface area contributed by atoms with E-state index in [0.29, 0.717) is 31.1 Å². The van der Waals surface area contributed by atoms with Crippen molar-refractivity contribution < 1.29 is 22.6 Å². The molecule has 2 nitrogen and oxygen atoms in total. The van der Waals surface area contributed by atoms with E-state index < -0.39 is 23.1 Å². The predicted molar refractivity (Wildman–Crippen MR) is 110 cm³/mol. The molecule has 0 saturated heterocycles. The van der Waals surface area contributed by atoms with Gasteiger partial charge in [0.2, 0.25) is 0 Å². The fourth-order valence-electron chi connectivity index (χ4n) is 8.95. The molecule has 30 heavy (non-hydrogen) atoms. The van der Waals surface area contributed by atoms with Crippen molar-refractivity contribution in [3.05, 3.63) is 0 Å². The van der Waals surface area contributed by atoms with Crippen molar-refractivity contribution in [3.63, 3.8) is 0 Å². The Bertz CT molecular complexity index is 622. The molecule has 172 valence electrons. The second kappa shape index (κ2) is 7.10. The fraction of sp³-hybridized carbons (Fsp3) is 1.00. The summed E-state index contributed by atoms with van der Waals surface area (Å²) in [5, 5.41) is 0. The molecule has 0 spiro atoms. The summed E-state index contributed by atoms with van der Waals surface area (Å²) < 4.78 is 57.7. The van der Waals surface area contributed by atoms with Crippen LogP contribution >= 0.6 is 0 Å². The van der Waals surface area contributed by atoms with Gasteiger partial charge in [-0.2, -0.15) is 0 Å². The molecule has 0 aromatic heterocycles. The first-order valence-electron chi connectivity index (χ1n) is 12.4. The van der Waals surface area contributed by atoms with Crippen LogP contribution < -0.4 is 0 Å². The zero-order valence-electron chi connectivity index (χ0n) is 18.8. The predicted octanol–water partition coefficient (Wildman–Crippen LogP) is 7.06. The Morgan fingerprint density at radius 2 is 1.37 bits per heavy atom. The Labute approximate surface area is 179 Å². The van der Waals surface area contributed by atoms with E-state index in [0.717, 1.165) is 50.4 Å². The SMILES string of the molecule is COCOC12CCC(C34CCC(C5CCC(C)CC5)(CC3)CC4)(CC1)C(F)(F)C2F. The number of fused-ring (bicyclic) bond motifs is 6. The smallest absolute Gasteiger partial charge is 0.287 e. The van der Waals surface area contributed by atoms with E-state index in [4.69, 9.17) is 9.47 Å². The molecule has 4 bridgehead atoms. The molecular weight excluding hydrogens is 389 g/mol. The maximum absolute atomic E-state index is 15.9. The summed E-state index contributed by atoms with van der Waals surface area (Å²) in [6, 6.07) is 0. The zero-order valence-corrected chi connectivity index (χ0v) is 18.8. The zero-order chi connectivity index (χ0) is 21.3. The van der Waals surface area contributed by atoms with E-state index >= 15 is 13.2 Å². The van der Waals surface area contributed by atoms with Crippen LogP contribution in [0.15, 0.2) is 0 Å². The molecule has 0 aromatic carbocycles. The second-order valence-electron chi connectivity index (χ2n) is 11.8. The van der Waals surface area contributed by atoms with Crippen LogP contribution in [0.2, 0.25) is 0 Å². The lowest BCUT2D eigenvalue weighted by molar-refractivity contribution is -0.349. The average Bonchev–Trinajstić information content (AvgIpc) is 2.78. The van der Waals surface area contributed by atoms with Crippen LogP contribution in [0, 0.1) is 28.1 Å². The lowest BCUT2D eigenvalue weighted by Crippen LogP contribution is -2.73. The van der Waals surface area contributed by atoms with Gasteiger partial charge in [-0.25, -0.2) is 13.2 Å². The minimum Gasteiger partial charge on any atom is -0.359 e. The maximum atomic E-state index is 15.9. The van der Waals surface area contributed by atoms with Gasteiger partial charge in [-0.3, -0.25) is 0 Å². The minimum atomic E-state index is -3.31. The van der Waals surface area contributed by atoms with Crippen LogP contribution in [0.3, 0.4) is 0 Å².